The summed E-state index contributed by atoms with van der Waals surface area (Å²) in [7, 11) is 1.62. The van der Waals surface area contributed by atoms with Crippen molar-refractivity contribution in [2.45, 2.75) is 6.04 Å². The van der Waals surface area contributed by atoms with Gasteiger partial charge >= 0.3 is 0 Å². The number of carbonyl (C=O) groups excluding carboxylic acids is 1. The van der Waals surface area contributed by atoms with Crippen molar-refractivity contribution in [1.29, 1.82) is 0 Å². The van der Waals surface area contributed by atoms with Gasteiger partial charge in [0.15, 0.2) is 5.78 Å². The third kappa shape index (κ3) is 4.89. The van der Waals surface area contributed by atoms with Crippen molar-refractivity contribution in [1.82, 2.24) is 10.2 Å². The van der Waals surface area contributed by atoms with E-state index < -0.39 is 0 Å². The van der Waals surface area contributed by atoms with Gasteiger partial charge in [-0.3, -0.25) is 9.69 Å². The maximum absolute atomic E-state index is 12.4. The predicted octanol–water partition coefficient (Wildman–Crippen LogP) is 2.60. The Morgan fingerprint density at radius 2 is 2.04 bits per heavy atom. The van der Waals surface area contributed by atoms with Crippen LogP contribution in [0.4, 0.5) is 0 Å². The van der Waals surface area contributed by atoms with E-state index in [0.717, 1.165) is 38.6 Å². The minimum Gasteiger partial charge on any atom is -0.497 e. The minimum absolute atomic E-state index is 0.0922. The first-order chi connectivity index (χ1) is 12.3. The molecule has 25 heavy (non-hydrogen) atoms. The first kappa shape index (κ1) is 18.1. The molecule has 0 bridgehead atoms. The third-order valence-corrected chi connectivity index (χ3v) is 5.37. The van der Waals surface area contributed by atoms with Gasteiger partial charge in [-0.1, -0.05) is 6.07 Å². The highest BCUT2D eigenvalue weighted by molar-refractivity contribution is 7.10. The van der Waals surface area contributed by atoms with Gasteiger partial charge in [0.2, 0.25) is 0 Å². The Morgan fingerprint density at radius 3 is 2.68 bits per heavy atom. The number of Topliss-reactive ketones (excluding diaryl/α,β-unsaturated/α-hetero) is 1. The van der Waals surface area contributed by atoms with Crippen molar-refractivity contribution >= 4 is 17.1 Å². The Morgan fingerprint density at radius 1 is 1.28 bits per heavy atom. The average Bonchev–Trinajstić information content (AvgIpc) is 3.20. The molecule has 2 heterocycles. The molecule has 0 spiro atoms. The van der Waals surface area contributed by atoms with E-state index >= 15 is 0 Å². The van der Waals surface area contributed by atoms with Crippen LogP contribution < -0.4 is 10.1 Å². The maximum atomic E-state index is 12.4. The van der Waals surface area contributed by atoms with Crippen LogP contribution in [-0.4, -0.2) is 57.2 Å². The highest BCUT2D eigenvalue weighted by Gasteiger charge is 2.23. The first-order valence-corrected chi connectivity index (χ1v) is 9.39. The molecule has 1 aromatic carbocycles. The second-order valence-corrected chi connectivity index (χ2v) is 6.94. The molecule has 1 fully saturated rings. The largest absolute Gasteiger partial charge is 0.497 e. The SMILES string of the molecule is COc1ccc(C(=O)CNCC(c2cccs2)N2CCOCC2)cc1. The lowest BCUT2D eigenvalue weighted by atomic mass is 10.1. The van der Waals surface area contributed by atoms with E-state index in [0.29, 0.717) is 12.1 Å². The molecule has 134 valence electrons. The molecule has 1 aliphatic rings. The lowest BCUT2D eigenvalue weighted by Gasteiger charge is -2.34. The maximum Gasteiger partial charge on any atom is 0.176 e. The number of methoxy groups -OCH3 is 1. The number of morpholine rings is 1. The number of nitrogens with one attached hydrogen (secondary N) is 1. The number of nitrogens with zero attached hydrogens (tertiary/aromatic N) is 1. The van der Waals surface area contributed by atoms with Crippen molar-refractivity contribution in [3.63, 3.8) is 0 Å². The summed E-state index contributed by atoms with van der Waals surface area (Å²) in [6.07, 6.45) is 0. The molecule has 1 saturated heterocycles. The summed E-state index contributed by atoms with van der Waals surface area (Å²) in [4.78, 5) is 16.1. The minimum atomic E-state index is 0.0922. The van der Waals surface area contributed by atoms with Crippen molar-refractivity contribution in [2.75, 3.05) is 46.5 Å². The summed E-state index contributed by atoms with van der Waals surface area (Å²) in [6.45, 7) is 4.48. The molecule has 1 unspecified atom stereocenters. The van der Waals surface area contributed by atoms with Gasteiger partial charge in [0, 0.05) is 30.1 Å². The van der Waals surface area contributed by atoms with E-state index in [2.05, 4.69) is 27.7 Å². The van der Waals surface area contributed by atoms with E-state index in [1.807, 2.05) is 24.3 Å². The zero-order chi connectivity index (χ0) is 17.5. The normalized spacial score (nSPS) is 16.5. The van der Waals surface area contributed by atoms with Crippen LogP contribution in [0, 0.1) is 0 Å². The summed E-state index contributed by atoms with van der Waals surface area (Å²) >= 11 is 1.76. The number of benzene rings is 1. The Labute approximate surface area is 152 Å². The molecule has 0 aliphatic carbocycles. The lowest BCUT2D eigenvalue weighted by molar-refractivity contribution is 0.0169. The molecular weight excluding hydrogens is 336 g/mol. The molecule has 1 aliphatic heterocycles. The van der Waals surface area contributed by atoms with E-state index in [1.165, 1.54) is 4.88 Å². The van der Waals surface area contributed by atoms with Gasteiger partial charge in [-0.05, 0) is 35.7 Å². The number of ketones is 1. The monoisotopic (exact) mass is 360 g/mol. The Hall–Kier alpha value is -1.73. The Bertz CT molecular complexity index is 652. The lowest BCUT2D eigenvalue weighted by Crippen LogP contribution is -2.43. The molecule has 2 aromatic rings. The fraction of sp³-hybridized carbons (Fsp3) is 0.421. The summed E-state index contributed by atoms with van der Waals surface area (Å²) in [5, 5.41) is 5.44. The van der Waals surface area contributed by atoms with Crippen molar-refractivity contribution in [2.24, 2.45) is 0 Å². The number of rotatable bonds is 8. The molecule has 0 saturated carbocycles. The molecule has 3 rings (SSSR count). The van der Waals surface area contributed by atoms with Crippen LogP contribution in [0.1, 0.15) is 21.3 Å². The van der Waals surface area contributed by atoms with Gasteiger partial charge in [0.25, 0.3) is 0 Å². The number of hydrogen-bond acceptors (Lipinski definition) is 6. The summed E-state index contributed by atoms with van der Waals surface area (Å²) in [5.74, 6) is 0.851. The fourth-order valence-corrected chi connectivity index (χ4v) is 3.84. The van der Waals surface area contributed by atoms with E-state index in [4.69, 9.17) is 9.47 Å². The molecular formula is C19H24N2O3S. The van der Waals surface area contributed by atoms with E-state index in [-0.39, 0.29) is 11.8 Å². The Kier molecular flexibility index (Phi) is 6.58. The predicted molar refractivity (Wildman–Crippen MR) is 99.6 cm³/mol. The van der Waals surface area contributed by atoms with Gasteiger partial charge in [-0.15, -0.1) is 11.3 Å². The van der Waals surface area contributed by atoms with Gasteiger partial charge in [0.05, 0.1) is 32.9 Å². The second-order valence-electron chi connectivity index (χ2n) is 5.96. The highest BCUT2D eigenvalue weighted by atomic mass is 32.1. The number of thiophene rings is 1. The molecule has 1 atom stereocenters. The zero-order valence-electron chi connectivity index (χ0n) is 14.4. The summed E-state index contributed by atoms with van der Waals surface area (Å²) in [6, 6.07) is 11.8. The third-order valence-electron chi connectivity index (χ3n) is 4.39. The van der Waals surface area contributed by atoms with Gasteiger partial charge in [0.1, 0.15) is 5.75 Å². The molecule has 1 aromatic heterocycles. The second kappa shape index (κ2) is 9.10. The summed E-state index contributed by atoms with van der Waals surface area (Å²) < 4.78 is 10.6. The Balaban J connectivity index is 1.56. The smallest absolute Gasteiger partial charge is 0.176 e. The van der Waals surface area contributed by atoms with Crippen LogP contribution in [0.15, 0.2) is 41.8 Å². The number of ether oxygens (including phenoxy) is 2. The topological polar surface area (TPSA) is 50.8 Å². The molecule has 0 radical (unpaired) electrons. The van der Waals surface area contributed by atoms with Crippen LogP contribution in [0.3, 0.4) is 0 Å². The molecule has 0 amide bonds. The molecule has 5 nitrogen and oxygen atoms in total. The van der Waals surface area contributed by atoms with E-state index in [9.17, 15) is 4.79 Å². The average molecular weight is 360 g/mol. The number of hydrogen-bond donors (Lipinski definition) is 1. The fourth-order valence-electron chi connectivity index (χ4n) is 2.98. The van der Waals surface area contributed by atoms with Crippen LogP contribution >= 0.6 is 11.3 Å². The van der Waals surface area contributed by atoms with Gasteiger partial charge < -0.3 is 14.8 Å². The van der Waals surface area contributed by atoms with Crippen LogP contribution in [0.2, 0.25) is 0 Å². The zero-order valence-corrected chi connectivity index (χ0v) is 15.3. The van der Waals surface area contributed by atoms with Crippen LogP contribution in [0.25, 0.3) is 0 Å². The van der Waals surface area contributed by atoms with Crippen LogP contribution in [-0.2, 0) is 4.74 Å². The molecule has 6 heteroatoms. The quantitative estimate of drug-likeness (QED) is 0.734. The van der Waals surface area contributed by atoms with Gasteiger partial charge in [-0.2, -0.15) is 0 Å². The van der Waals surface area contributed by atoms with Crippen molar-refractivity contribution in [3.05, 3.63) is 52.2 Å². The van der Waals surface area contributed by atoms with Crippen LogP contribution in [0.5, 0.6) is 5.75 Å². The highest BCUT2D eigenvalue weighted by Crippen LogP contribution is 2.25. The standard InChI is InChI=1S/C19H24N2O3S/c1-23-16-6-4-15(5-7-16)18(22)14-20-13-17(19-3-2-12-25-19)21-8-10-24-11-9-21/h2-7,12,17,20H,8-11,13-14H2,1H3. The summed E-state index contributed by atoms with van der Waals surface area (Å²) in [5.41, 5.74) is 0.701. The molecule has 1 N–H and O–H groups in total. The first-order valence-electron chi connectivity index (χ1n) is 8.51. The van der Waals surface area contributed by atoms with Crippen molar-refractivity contribution in [3.8, 4) is 5.75 Å². The van der Waals surface area contributed by atoms with E-state index in [1.54, 1.807) is 18.4 Å². The van der Waals surface area contributed by atoms with Crippen molar-refractivity contribution < 1.29 is 14.3 Å². The van der Waals surface area contributed by atoms with Gasteiger partial charge in [-0.25, -0.2) is 0 Å². The number of carbonyl (C=O) groups is 1.